The van der Waals surface area contributed by atoms with Crippen molar-refractivity contribution in [3.05, 3.63) is 48.0 Å². The summed E-state index contributed by atoms with van der Waals surface area (Å²) in [6.07, 6.45) is 0.460. The first-order valence-corrected chi connectivity index (χ1v) is 6.77. The molecule has 0 bridgehead atoms. The smallest absolute Gasteiger partial charge is 0.224 e. The predicted octanol–water partition coefficient (Wildman–Crippen LogP) is 1.72. The number of fused-ring (bicyclic) bond motifs is 1. The van der Waals surface area contributed by atoms with Crippen LogP contribution in [0.15, 0.2) is 42.5 Å². The van der Waals surface area contributed by atoms with E-state index in [2.05, 4.69) is 28.8 Å². The molecule has 3 nitrogen and oxygen atoms in total. The highest BCUT2D eigenvalue weighted by Crippen LogP contribution is 2.18. The molecule has 2 aromatic carbocycles. The fraction of sp³-hybridized carbons (Fsp3) is 0.312. The normalized spacial score (nSPS) is 15.2. The van der Waals surface area contributed by atoms with Crippen molar-refractivity contribution in [1.82, 2.24) is 10.6 Å². The van der Waals surface area contributed by atoms with Gasteiger partial charge in [0.25, 0.3) is 0 Å². The molecule has 1 aliphatic heterocycles. The third-order valence-corrected chi connectivity index (χ3v) is 3.68. The molecule has 98 valence electrons. The van der Waals surface area contributed by atoms with Gasteiger partial charge >= 0.3 is 0 Å². The van der Waals surface area contributed by atoms with E-state index in [1.165, 1.54) is 10.8 Å². The molecule has 1 fully saturated rings. The number of carbonyl (C=O) groups excluding carboxylic acids is 1. The topological polar surface area (TPSA) is 41.1 Å². The maximum Gasteiger partial charge on any atom is 0.224 e. The second kappa shape index (κ2) is 5.41. The second-order valence-corrected chi connectivity index (χ2v) is 5.14. The average Bonchev–Trinajstić information content (AvgIpc) is 2.37. The predicted molar refractivity (Wildman–Crippen MR) is 77.0 cm³/mol. The van der Waals surface area contributed by atoms with E-state index < -0.39 is 0 Å². The standard InChI is InChI=1S/C16H18N2O/c19-16(18-11-12-9-17-10-12)8-14-6-3-5-13-4-1-2-7-15(13)14/h1-7,12,17H,8-11H2,(H,18,19). The van der Waals surface area contributed by atoms with Crippen molar-refractivity contribution in [3.63, 3.8) is 0 Å². The van der Waals surface area contributed by atoms with Crippen LogP contribution in [-0.4, -0.2) is 25.5 Å². The van der Waals surface area contributed by atoms with Crippen LogP contribution in [0.25, 0.3) is 10.8 Å². The van der Waals surface area contributed by atoms with Crippen LogP contribution >= 0.6 is 0 Å². The van der Waals surface area contributed by atoms with Gasteiger partial charge in [0.15, 0.2) is 0 Å². The lowest BCUT2D eigenvalue weighted by Gasteiger charge is -2.27. The Morgan fingerprint density at radius 1 is 1.16 bits per heavy atom. The van der Waals surface area contributed by atoms with Crippen molar-refractivity contribution in [3.8, 4) is 0 Å². The van der Waals surface area contributed by atoms with Crippen molar-refractivity contribution < 1.29 is 4.79 Å². The van der Waals surface area contributed by atoms with E-state index >= 15 is 0 Å². The monoisotopic (exact) mass is 254 g/mol. The molecule has 3 heteroatoms. The van der Waals surface area contributed by atoms with Gasteiger partial charge in [-0.15, -0.1) is 0 Å². The molecule has 0 spiro atoms. The molecule has 1 aliphatic rings. The van der Waals surface area contributed by atoms with Crippen LogP contribution in [0.1, 0.15) is 5.56 Å². The summed E-state index contributed by atoms with van der Waals surface area (Å²) in [6.45, 7) is 2.83. The lowest BCUT2D eigenvalue weighted by molar-refractivity contribution is -0.120. The third-order valence-electron chi connectivity index (χ3n) is 3.68. The van der Waals surface area contributed by atoms with Gasteiger partial charge in [0, 0.05) is 25.6 Å². The Balaban J connectivity index is 1.68. The SMILES string of the molecule is O=C(Cc1cccc2ccccc12)NCC1CNC1. The van der Waals surface area contributed by atoms with Crippen LogP contribution < -0.4 is 10.6 Å². The van der Waals surface area contributed by atoms with Crippen LogP contribution in [0, 0.1) is 5.92 Å². The van der Waals surface area contributed by atoms with Gasteiger partial charge in [-0.3, -0.25) is 4.79 Å². The maximum absolute atomic E-state index is 12.0. The number of hydrogen-bond donors (Lipinski definition) is 2. The molecule has 0 aliphatic carbocycles. The summed E-state index contributed by atoms with van der Waals surface area (Å²) >= 11 is 0. The number of benzene rings is 2. The highest BCUT2D eigenvalue weighted by Gasteiger charge is 2.17. The minimum Gasteiger partial charge on any atom is -0.355 e. The number of nitrogens with one attached hydrogen (secondary N) is 2. The first-order chi connectivity index (χ1) is 9.33. The summed E-state index contributed by atoms with van der Waals surface area (Å²) in [5, 5.41) is 8.59. The molecule has 0 saturated carbocycles. The Labute approximate surface area is 113 Å². The van der Waals surface area contributed by atoms with Crippen molar-refractivity contribution in [2.45, 2.75) is 6.42 Å². The van der Waals surface area contributed by atoms with E-state index in [1.54, 1.807) is 0 Å². The average molecular weight is 254 g/mol. The van der Waals surface area contributed by atoms with E-state index in [9.17, 15) is 4.79 Å². The molecular formula is C16H18N2O. The lowest BCUT2D eigenvalue weighted by Crippen LogP contribution is -2.48. The molecular weight excluding hydrogens is 236 g/mol. The van der Waals surface area contributed by atoms with Gasteiger partial charge in [-0.05, 0) is 16.3 Å². The van der Waals surface area contributed by atoms with E-state index in [0.717, 1.165) is 25.2 Å². The summed E-state index contributed by atoms with van der Waals surface area (Å²) in [5.41, 5.74) is 1.10. The summed E-state index contributed by atoms with van der Waals surface area (Å²) < 4.78 is 0. The minimum atomic E-state index is 0.114. The molecule has 1 heterocycles. The second-order valence-electron chi connectivity index (χ2n) is 5.14. The van der Waals surface area contributed by atoms with Crippen molar-refractivity contribution in [2.24, 2.45) is 5.92 Å². The van der Waals surface area contributed by atoms with E-state index in [4.69, 9.17) is 0 Å². The summed E-state index contributed by atoms with van der Waals surface area (Å²) in [4.78, 5) is 12.0. The lowest BCUT2D eigenvalue weighted by atomic mass is 10.0. The number of carbonyl (C=O) groups is 1. The van der Waals surface area contributed by atoms with Gasteiger partial charge in [0.1, 0.15) is 0 Å². The van der Waals surface area contributed by atoms with Gasteiger partial charge in [0.05, 0.1) is 6.42 Å². The van der Waals surface area contributed by atoms with Crippen LogP contribution in [0.5, 0.6) is 0 Å². The molecule has 0 aromatic heterocycles. The van der Waals surface area contributed by atoms with Gasteiger partial charge in [0.2, 0.25) is 5.91 Å². The fourth-order valence-electron chi connectivity index (χ4n) is 2.43. The van der Waals surface area contributed by atoms with Crippen LogP contribution in [-0.2, 0) is 11.2 Å². The first kappa shape index (κ1) is 12.2. The van der Waals surface area contributed by atoms with Gasteiger partial charge in [-0.2, -0.15) is 0 Å². The van der Waals surface area contributed by atoms with Gasteiger partial charge < -0.3 is 10.6 Å². The molecule has 0 radical (unpaired) electrons. The Bertz CT molecular complexity index is 585. The van der Waals surface area contributed by atoms with E-state index in [-0.39, 0.29) is 5.91 Å². The number of amides is 1. The molecule has 1 saturated heterocycles. The Kier molecular flexibility index (Phi) is 3.47. The Hall–Kier alpha value is -1.87. The Morgan fingerprint density at radius 2 is 1.95 bits per heavy atom. The fourth-order valence-corrected chi connectivity index (χ4v) is 2.43. The quantitative estimate of drug-likeness (QED) is 0.872. The van der Waals surface area contributed by atoms with Gasteiger partial charge in [-0.25, -0.2) is 0 Å². The zero-order valence-electron chi connectivity index (χ0n) is 10.9. The molecule has 2 aromatic rings. The zero-order valence-corrected chi connectivity index (χ0v) is 10.9. The van der Waals surface area contributed by atoms with Crippen molar-refractivity contribution in [1.29, 1.82) is 0 Å². The summed E-state index contributed by atoms with van der Waals surface area (Å²) in [5.74, 6) is 0.722. The zero-order chi connectivity index (χ0) is 13.1. The third kappa shape index (κ3) is 2.76. The number of rotatable bonds is 4. The largest absolute Gasteiger partial charge is 0.355 e. The highest BCUT2D eigenvalue weighted by atomic mass is 16.1. The molecule has 1 amide bonds. The summed E-state index contributed by atoms with van der Waals surface area (Å²) in [7, 11) is 0. The molecule has 0 atom stereocenters. The maximum atomic E-state index is 12.0. The molecule has 2 N–H and O–H groups in total. The van der Waals surface area contributed by atoms with E-state index in [1.807, 2.05) is 24.3 Å². The number of hydrogen-bond acceptors (Lipinski definition) is 2. The first-order valence-electron chi connectivity index (χ1n) is 6.77. The molecule has 0 unspecified atom stereocenters. The van der Waals surface area contributed by atoms with Gasteiger partial charge in [-0.1, -0.05) is 42.5 Å². The van der Waals surface area contributed by atoms with E-state index in [0.29, 0.717) is 12.3 Å². The Morgan fingerprint density at radius 3 is 2.74 bits per heavy atom. The molecule has 19 heavy (non-hydrogen) atoms. The minimum absolute atomic E-state index is 0.114. The van der Waals surface area contributed by atoms with Crippen molar-refractivity contribution >= 4 is 16.7 Å². The van der Waals surface area contributed by atoms with Crippen LogP contribution in [0.4, 0.5) is 0 Å². The van der Waals surface area contributed by atoms with Crippen LogP contribution in [0.3, 0.4) is 0 Å². The highest BCUT2D eigenvalue weighted by molar-refractivity contribution is 5.90. The van der Waals surface area contributed by atoms with Crippen LogP contribution in [0.2, 0.25) is 0 Å². The summed E-state index contributed by atoms with van der Waals surface area (Å²) in [6, 6.07) is 14.3. The molecule has 3 rings (SSSR count). The van der Waals surface area contributed by atoms with Crippen molar-refractivity contribution in [2.75, 3.05) is 19.6 Å².